The number of hydrogen-bond acceptors (Lipinski definition) is 3. The molecular weight excluding hydrogens is 307 g/mol. The van der Waals surface area contributed by atoms with E-state index in [4.69, 9.17) is 0 Å². The Kier molecular flexibility index (Phi) is 4.72. The molecule has 0 spiro atoms. The van der Waals surface area contributed by atoms with E-state index in [2.05, 4.69) is 42.2 Å². The molecule has 0 saturated carbocycles. The fraction of sp³-hybridized carbons (Fsp3) is 0.158. The minimum absolute atomic E-state index is 0.248. The molecule has 0 aliphatic carbocycles. The molecule has 23 heavy (non-hydrogen) atoms. The topological polar surface area (TPSA) is 25.8 Å². The minimum atomic E-state index is -0.248. The van der Waals surface area contributed by atoms with Crippen LogP contribution in [-0.4, -0.2) is 10.2 Å². The number of benzene rings is 2. The van der Waals surface area contributed by atoms with Gasteiger partial charge in [0.15, 0.2) is 0 Å². The lowest BCUT2D eigenvalue weighted by Crippen LogP contribution is -1.92. The molecular formula is C19H17FN2S. The van der Waals surface area contributed by atoms with Crippen LogP contribution in [0.2, 0.25) is 0 Å². The van der Waals surface area contributed by atoms with Crippen molar-refractivity contribution in [1.82, 2.24) is 10.2 Å². The first-order chi connectivity index (χ1) is 11.1. The predicted octanol–water partition coefficient (Wildman–Crippen LogP) is 5.19. The van der Waals surface area contributed by atoms with Gasteiger partial charge in [0, 0.05) is 11.3 Å². The number of nitrogens with zero attached hydrogens (tertiary/aromatic N) is 2. The molecule has 0 bridgehead atoms. The molecule has 0 unspecified atom stereocenters. The van der Waals surface area contributed by atoms with E-state index in [0.29, 0.717) is 0 Å². The molecule has 0 fully saturated rings. The van der Waals surface area contributed by atoms with Gasteiger partial charge < -0.3 is 0 Å². The first kappa shape index (κ1) is 15.7. The van der Waals surface area contributed by atoms with E-state index in [-0.39, 0.29) is 5.82 Å². The van der Waals surface area contributed by atoms with Crippen LogP contribution in [0.25, 0.3) is 11.3 Å². The zero-order chi connectivity index (χ0) is 16.2. The molecule has 4 heteroatoms. The van der Waals surface area contributed by atoms with Crippen molar-refractivity contribution in [1.29, 1.82) is 0 Å². The molecule has 0 aliphatic heterocycles. The lowest BCUT2D eigenvalue weighted by atomic mass is 10.1. The second kappa shape index (κ2) is 6.92. The second-order valence-corrected chi connectivity index (χ2v) is 6.48. The molecule has 2 nitrogen and oxygen atoms in total. The Balaban J connectivity index is 1.70. The van der Waals surface area contributed by atoms with Crippen molar-refractivity contribution >= 4 is 11.8 Å². The Morgan fingerprint density at radius 3 is 2.39 bits per heavy atom. The lowest BCUT2D eigenvalue weighted by molar-refractivity contribution is 0.628. The van der Waals surface area contributed by atoms with Gasteiger partial charge in [0.25, 0.3) is 0 Å². The van der Waals surface area contributed by atoms with Gasteiger partial charge in [-0.15, -0.1) is 10.2 Å². The molecule has 0 N–H and O–H groups in total. The highest BCUT2D eigenvalue weighted by Gasteiger charge is 2.04. The maximum atomic E-state index is 12.9. The first-order valence-electron chi connectivity index (χ1n) is 7.40. The third-order valence-corrected chi connectivity index (χ3v) is 4.63. The molecule has 1 heterocycles. The molecule has 116 valence electrons. The van der Waals surface area contributed by atoms with Gasteiger partial charge >= 0.3 is 0 Å². The van der Waals surface area contributed by atoms with Crippen molar-refractivity contribution in [2.24, 2.45) is 0 Å². The number of rotatable bonds is 4. The molecule has 3 rings (SSSR count). The van der Waals surface area contributed by atoms with Gasteiger partial charge in [0.1, 0.15) is 10.8 Å². The van der Waals surface area contributed by atoms with Crippen LogP contribution in [0.15, 0.2) is 59.6 Å². The van der Waals surface area contributed by atoms with E-state index in [1.807, 2.05) is 12.1 Å². The van der Waals surface area contributed by atoms with Crippen LogP contribution in [0, 0.1) is 19.7 Å². The van der Waals surface area contributed by atoms with E-state index in [9.17, 15) is 4.39 Å². The van der Waals surface area contributed by atoms with Crippen LogP contribution >= 0.6 is 11.8 Å². The van der Waals surface area contributed by atoms with Crippen molar-refractivity contribution in [3.05, 3.63) is 77.1 Å². The van der Waals surface area contributed by atoms with Gasteiger partial charge in [-0.05, 0) is 61.4 Å². The largest absolute Gasteiger partial charge is 0.207 e. The van der Waals surface area contributed by atoms with Crippen molar-refractivity contribution in [2.75, 3.05) is 0 Å². The summed E-state index contributed by atoms with van der Waals surface area (Å²) in [4.78, 5) is 0. The molecule has 0 saturated heterocycles. The Hall–Kier alpha value is -2.20. The summed E-state index contributed by atoms with van der Waals surface area (Å²) in [6, 6.07) is 16.6. The Morgan fingerprint density at radius 1 is 0.913 bits per heavy atom. The predicted molar refractivity (Wildman–Crippen MR) is 92.9 cm³/mol. The van der Waals surface area contributed by atoms with Crippen LogP contribution in [-0.2, 0) is 5.75 Å². The summed E-state index contributed by atoms with van der Waals surface area (Å²) in [7, 11) is 0. The van der Waals surface area contributed by atoms with Crippen LogP contribution in [0.4, 0.5) is 4.39 Å². The monoisotopic (exact) mass is 324 g/mol. The Labute approximate surface area is 139 Å². The molecule has 0 atom stereocenters. The van der Waals surface area contributed by atoms with Crippen LogP contribution < -0.4 is 0 Å². The Morgan fingerprint density at radius 2 is 1.70 bits per heavy atom. The number of hydrogen-bond donors (Lipinski definition) is 0. The zero-order valence-corrected chi connectivity index (χ0v) is 13.9. The van der Waals surface area contributed by atoms with Gasteiger partial charge in [-0.25, -0.2) is 4.39 Å². The first-order valence-corrected chi connectivity index (χ1v) is 8.39. The summed E-state index contributed by atoms with van der Waals surface area (Å²) in [5.74, 6) is 0.625. The Bertz CT molecular complexity index is 799. The average molecular weight is 324 g/mol. The number of aromatic nitrogens is 2. The number of halogens is 1. The number of thioether (sulfide) groups is 1. The third-order valence-electron chi connectivity index (χ3n) is 3.66. The van der Waals surface area contributed by atoms with Gasteiger partial charge in [-0.1, -0.05) is 35.5 Å². The zero-order valence-electron chi connectivity index (χ0n) is 13.1. The summed E-state index contributed by atoms with van der Waals surface area (Å²) < 4.78 is 12.9. The number of aryl methyl sites for hydroxylation is 2. The summed E-state index contributed by atoms with van der Waals surface area (Å²) in [6.45, 7) is 4.23. The van der Waals surface area contributed by atoms with E-state index >= 15 is 0 Å². The van der Waals surface area contributed by atoms with E-state index in [1.54, 1.807) is 23.9 Å². The molecule has 2 aromatic carbocycles. The van der Waals surface area contributed by atoms with E-state index < -0.39 is 0 Å². The van der Waals surface area contributed by atoms with Gasteiger partial charge in [0.2, 0.25) is 0 Å². The van der Waals surface area contributed by atoms with Crippen molar-refractivity contribution in [2.45, 2.75) is 24.6 Å². The summed E-state index contributed by atoms with van der Waals surface area (Å²) in [5.41, 5.74) is 5.49. The normalized spacial score (nSPS) is 10.7. The van der Waals surface area contributed by atoms with E-state index in [0.717, 1.165) is 22.0 Å². The molecule has 3 aromatic rings. The van der Waals surface area contributed by atoms with Gasteiger partial charge in [0.05, 0.1) is 5.69 Å². The summed E-state index contributed by atoms with van der Waals surface area (Å²) in [6.07, 6.45) is 0. The molecule has 0 amide bonds. The second-order valence-electron chi connectivity index (χ2n) is 5.48. The SMILES string of the molecule is Cc1ccc(C)c(CSc2ccc(-c3ccc(F)cc3)nn2)c1. The van der Waals surface area contributed by atoms with E-state index in [1.165, 1.54) is 28.8 Å². The highest BCUT2D eigenvalue weighted by molar-refractivity contribution is 7.98. The van der Waals surface area contributed by atoms with Crippen LogP contribution in [0.3, 0.4) is 0 Å². The van der Waals surface area contributed by atoms with Crippen molar-refractivity contribution in [3.8, 4) is 11.3 Å². The van der Waals surface area contributed by atoms with Crippen molar-refractivity contribution < 1.29 is 4.39 Å². The van der Waals surface area contributed by atoms with Gasteiger partial charge in [-0.3, -0.25) is 0 Å². The quantitative estimate of drug-likeness (QED) is 0.618. The van der Waals surface area contributed by atoms with Crippen LogP contribution in [0.5, 0.6) is 0 Å². The van der Waals surface area contributed by atoms with Crippen molar-refractivity contribution in [3.63, 3.8) is 0 Å². The molecule has 0 radical (unpaired) electrons. The lowest BCUT2D eigenvalue weighted by Gasteiger charge is -2.07. The molecule has 1 aromatic heterocycles. The maximum Gasteiger partial charge on any atom is 0.123 e. The summed E-state index contributed by atoms with van der Waals surface area (Å²) >= 11 is 1.67. The standard InChI is InChI=1S/C19H17FN2S/c1-13-3-4-14(2)16(11-13)12-23-19-10-9-18(21-22-19)15-5-7-17(20)8-6-15/h3-11H,12H2,1-2H3. The molecule has 0 aliphatic rings. The fourth-order valence-electron chi connectivity index (χ4n) is 2.28. The fourth-order valence-corrected chi connectivity index (χ4v) is 3.16. The van der Waals surface area contributed by atoms with Gasteiger partial charge in [-0.2, -0.15) is 0 Å². The third kappa shape index (κ3) is 3.96. The summed E-state index contributed by atoms with van der Waals surface area (Å²) in [5, 5.41) is 9.39. The highest BCUT2D eigenvalue weighted by Crippen LogP contribution is 2.24. The minimum Gasteiger partial charge on any atom is -0.207 e. The maximum absolute atomic E-state index is 12.9. The highest BCUT2D eigenvalue weighted by atomic mass is 32.2. The average Bonchev–Trinajstić information content (AvgIpc) is 2.57. The smallest absolute Gasteiger partial charge is 0.123 e. The van der Waals surface area contributed by atoms with Crippen LogP contribution in [0.1, 0.15) is 16.7 Å².